The zero-order chi connectivity index (χ0) is 13.7. The number of amides is 2. The Balaban J connectivity index is 1.82. The molecule has 0 saturated carbocycles. The SMILES string of the molecule is CCOC(=O)NC1CCCN(C(=O)C2CCCN2)C1. The van der Waals surface area contributed by atoms with Crippen LogP contribution in [0.5, 0.6) is 0 Å². The minimum atomic E-state index is -0.388. The van der Waals surface area contributed by atoms with Gasteiger partial charge >= 0.3 is 6.09 Å². The van der Waals surface area contributed by atoms with E-state index >= 15 is 0 Å². The Hall–Kier alpha value is -1.30. The van der Waals surface area contributed by atoms with E-state index in [2.05, 4.69) is 10.6 Å². The summed E-state index contributed by atoms with van der Waals surface area (Å²) < 4.78 is 4.87. The summed E-state index contributed by atoms with van der Waals surface area (Å²) in [6.07, 6.45) is 3.43. The number of carbonyl (C=O) groups is 2. The van der Waals surface area contributed by atoms with Crippen molar-refractivity contribution in [1.82, 2.24) is 15.5 Å². The van der Waals surface area contributed by atoms with Gasteiger partial charge in [-0.05, 0) is 39.2 Å². The summed E-state index contributed by atoms with van der Waals surface area (Å²) in [7, 11) is 0. The predicted molar refractivity (Wildman–Crippen MR) is 70.8 cm³/mol. The fourth-order valence-corrected chi connectivity index (χ4v) is 2.75. The van der Waals surface area contributed by atoms with Gasteiger partial charge in [-0.1, -0.05) is 0 Å². The smallest absolute Gasteiger partial charge is 0.407 e. The van der Waals surface area contributed by atoms with E-state index in [4.69, 9.17) is 4.74 Å². The van der Waals surface area contributed by atoms with Gasteiger partial charge in [0.2, 0.25) is 5.91 Å². The van der Waals surface area contributed by atoms with E-state index in [9.17, 15) is 9.59 Å². The van der Waals surface area contributed by atoms with Gasteiger partial charge in [0.05, 0.1) is 12.6 Å². The Bertz CT molecular complexity index is 329. The first kappa shape index (κ1) is 14.1. The van der Waals surface area contributed by atoms with Gasteiger partial charge in [0.1, 0.15) is 0 Å². The average Bonchev–Trinajstić information content (AvgIpc) is 2.92. The molecular weight excluding hydrogens is 246 g/mol. The van der Waals surface area contributed by atoms with Crippen molar-refractivity contribution in [3.63, 3.8) is 0 Å². The molecule has 0 aromatic carbocycles. The van der Waals surface area contributed by atoms with Crippen molar-refractivity contribution in [3.8, 4) is 0 Å². The average molecular weight is 269 g/mol. The number of nitrogens with zero attached hydrogens (tertiary/aromatic N) is 1. The first-order chi connectivity index (χ1) is 9.20. The Morgan fingerprint density at radius 2 is 2.21 bits per heavy atom. The predicted octanol–water partition coefficient (Wildman–Crippen LogP) is 0.476. The van der Waals surface area contributed by atoms with Crippen molar-refractivity contribution in [2.45, 2.75) is 44.7 Å². The third-order valence-corrected chi connectivity index (χ3v) is 3.69. The number of hydrogen-bond donors (Lipinski definition) is 2. The molecule has 6 heteroatoms. The van der Waals surface area contributed by atoms with Crippen molar-refractivity contribution < 1.29 is 14.3 Å². The van der Waals surface area contributed by atoms with Crippen LogP contribution in [0.15, 0.2) is 0 Å². The molecule has 2 fully saturated rings. The number of piperidine rings is 1. The van der Waals surface area contributed by atoms with E-state index in [1.165, 1.54) is 0 Å². The van der Waals surface area contributed by atoms with Crippen LogP contribution in [-0.2, 0) is 9.53 Å². The lowest BCUT2D eigenvalue weighted by atomic mass is 10.0. The number of alkyl carbamates (subject to hydrolysis) is 1. The van der Waals surface area contributed by atoms with E-state index < -0.39 is 0 Å². The lowest BCUT2D eigenvalue weighted by molar-refractivity contribution is -0.134. The summed E-state index contributed by atoms with van der Waals surface area (Å²) in [5.41, 5.74) is 0. The van der Waals surface area contributed by atoms with E-state index in [0.717, 1.165) is 38.8 Å². The second-order valence-corrected chi connectivity index (χ2v) is 5.14. The van der Waals surface area contributed by atoms with Crippen LogP contribution in [0.25, 0.3) is 0 Å². The van der Waals surface area contributed by atoms with Crippen molar-refractivity contribution in [2.75, 3.05) is 26.2 Å². The van der Waals surface area contributed by atoms with Crippen LogP contribution in [-0.4, -0.2) is 55.2 Å². The van der Waals surface area contributed by atoms with Gasteiger partial charge in [0, 0.05) is 19.1 Å². The molecule has 0 radical (unpaired) electrons. The number of nitrogens with one attached hydrogen (secondary N) is 2. The van der Waals surface area contributed by atoms with E-state index in [0.29, 0.717) is 13.2 Å². The largest absolute Gasteiger partial charge is 0.450 e. The highest BCUT2D eigenvalue weighted by Crippen LogP contribution is 2.15. The van der Waals surface area contributed by atoms with Gasteiger partial charge in [0.15, 0.2) is 0 Å². The zero-order valence-electron chi connectivity index (χ0n) is 11.5. The zero-order valence-corrected chi connectivity index (χ0v) is 11.5. The van der Waals surface area contributed by atoms with Crippen molar-refractivity contribution in [2.24, 2.45) is 0 Å². The van der Waals surface area contributed by atoms with Crippen molar-refractivity contribution >= 4 is 12.0 Å². The van der Waals surface area contributed by atoms with Crippen molar-refractivity contribution in [3.05, 3.63) is 0 Å². The molecule has 2 aliphatic rings. The van der Waals surface area contributed by atoms with E-state index in [-0.39, 0.29) is 24.1 Å². The molecule has 2 amide bonds. The Morgan fingerprint density at radius 1 is 1.37 bits per heavy atom. The molecular formula is C13H23N3O3. The topological polar surface area (TPSA) is 70.7 Å². The fraction of sp³-hybridized carbons (Fsp3) is 0.846. The van der Waals surface area contributed by atoms with Crippen LogP contribution in [0.1, 0.15) is 32.6 Å². The Morgan fingerprint density at radius 3 is 2.89 bits per heavy atom. The second-order valence-electron chi connectivity index (χ2n) is 5.14. The summed E-state index contributed by atoms with van der Waals surface area (Å²) >= 11 is 0. The van der Waals surface area contributed by atoms with Crippen LogP contribution in [0.4, 0.5) is 4.79 Å². The summed E-state index contributed by atoms with van der Waals surface area (Å²) in [4.78, 5) is 25.5. The van der Waals surface area contributed by atoms with Crippen LogP contribution < -0.4 is 10.6 Å². The summed E-state index contributed by atoms with van der Waals surface area (Å²) in [6.45, 7) is 4.46. The molecule has 2 rings (SSSR count). The third kappa shape index (κ3) is 3.83. The number of hydrogen-bond acceptors (Lipinski definition) is 4. The molecule has 2 atom stereocenters. The quantitative estimate of drug-likeness (QED) is 0.781. The summed E-state index contributed by atoms with van der Waals surface area (Å²) in [5.74, 6) is 0.174. The monoisotopic (exact) mass is 269 g/mol. The standard InChI is InChI=1S/C13H23N3O3/c1-2-19-13(18)15-10-5-4-8-16(9-10)12(17)11-6-3-7-14-11/h10-11,14H,2-9H2,1H3,(H,15,18). The number of likely N-dealkylation sites (tertiary alicyclic amines) is 1. The molecule has 0 aliphatic carbocycles. The van der Waals surface area contributed by atoms with E-state index in [1.54, 1.807) is 6.92 Å². The van der Waals surface area contributed by atoms with Gasteiger partial charge in [-0.2, -0.15) is 0 Å². The highest BCUT2D eigenvalue weighted by molar-refractivity contribution is 5.82. The normalized spacial score (nSPS) is 27.1. The maximum Gasteiger partial charge on any atom is 0.407 e. The maximum atomic E-state index is 12.3. The molecule has 2 unspecified atom stereocenters. The maximum absolute atomic E-state index is 12.3. The second kappa shape index (κ2) is 6.75. The van der Waals surface area contributed by atoms with Crippen LogP contribution in [0.2, 0.25) is 0 Å². The molecule has 2 saturated heterocycles. The molecule has 0 aromatic rings. The summed E-state index contributed by atoms with van der Waals surface area (Å²) in [6, 6.07) is -0.0144. The molecule has 2 N–H and O–H groups in total. The molecule has 2 aliphatic heterocycles. The van der Waals surface area contributed by atoms with Gasteiger partial charge in [-0.15, -0.1) is 0 Å². The van der Waals surface area contributed by atoms with E-state index in [1.807, 2.05) is 4.90 Å². The van der Waals surface area contributed by atoms with Gasteiger partial charge in [-0.25, -0.2) is 4.79 Å². The molecule has 19 heavy (non-hydrogen) atoms. The van der Waals surface area contributed by atoms with Crippen LogP contribution in [0, 0.1) is 0 Å². The highest BCUT2D eigenvalue weighted by atomic mass is 16.5. The van der Waals surface area contributed by atoms with Gasteiger partial charge < -0.3 is 20.3 Å². The number of rotatable bonds is 3. The molecule has 0 aromatic heterocycles. The van der Waals surface area contributed by atoms with Gasteiger partial charge in [-0.3, -0.25) is 4.79 Å². The highest BCUT2D eigenvalue weighted by Gasteiger charge is 2.30. The number of carbonyl (C=O) groups excluding carboxylic acids is 2. The molecule has 2 heterocycles. The minimum Gasteiger partial charge on any atom is -0.450 e. The lowest BCUT2D eigenvalue weighted by Gasteiger charge is -2.34. The molecule has 0 bridgehead atoms. The minimum absolute atomic E-state index is 0.0122. The fourth-order valence-electron chi connectivity index (χ4n) is 2.75. The molecule has 0 spiro atoms. The van der Waals surface area contributed by atoms with Crippen LogP contribution >= 0.6 is 0 Å². The first-order valence-corrected chi connectivity index (χ1v) is 7.16. The molecule has 108 valence electrons. The number of ether oxygens (including phenoxy) is 1. The lowest BCUT2D eigenvalue weighted by Crippen LogP contribution is -2.53. The van der Waals surface area contributed by atoms with Crippen molar-refractivity contribution in [1.29, 1.82) is 0 Å². The third-order valence-electron chi connectivity index (χ3n) is 3.69. The Labute approximate surface area is 113 Å². The first-order valence-electron chi connectivity index (χ1n) is 7.16. The Kier molecular flexibility index (Phi) is 5.01. The summed E-state index contributed by atoms with van der Waals surface area (Å²) in [5, 5.41) is 6.05. The van der Waals surface area contributed by atoms with Crippen LogP contribution in [0.3, 0.4) is 0 Å². The molecule has 6 nitrogen and oxygen atoms in total. The van der Waals surface area contributed by atoms with Gasteiger partial charge in [0.25, 0.3) is 0 Å².